The summed E-state index contributed by atoms with van der Waals surface area (Å²) in [6.07, 6.45) is 1.67. The first-order valence-electron chi connectivity index (χ1n) is 6.89. The van der Waals surface area contributed by atoms with Gasteiger partial charge in [-0.3, -0.25) is 0 Å². The number of furan rings is 1. The number of allylic oxidation sites excluding steroid dienone is 1. The number of nitrogens with zero attached hydrogens (tertiary/aromatic N) is 1. The summed E-state index contributed by atoms with van der Waals surface area (Å²) in [7, 11) is 0. The van der Waals surface area contributed by atoms with Crippen LogP contribution in [0.15, 0.2) is 69.6 Å². The molecule has 0 amide bonds. The molecule has 0 saturated carbocycles. The molecular weight excluding hydrogens is 357 g/mol. The highest BCUT2D eigenvalue weighted by atomic mass is 79.9. The third-order valence-electron chi connectivity index (χ3n) is 3.30. The van der Waals surface area contributed by atoms with Crippen molar-refractivity contribution in [1.82, 2.24) is 0 Å². The van der Waals surface area contributed by atoms with Crippen LogP contribution < -0.4 is 0 Å². The van der Waals surface area contributed by atoms with Gasteiger partial charge in [0.1, 0.15) is 17.3 Å². The van der Waals surface area contributed by atoms with E-state index in [4.69, 9.17) is 4.42 Å². The monoisotopic (exact) mass is 367 g/mol. The van der Waals surface area contributed by atoms with E-state index in [9.17, 15) is 9.65 Å². The summed E-state index contributed by atoms with van der Waals surface area (Å²) in [5.74, 6) is 0.788. The van der Waals surface area contributed by atoms with Crippen molar-refractivity contribution >= 4 is 27.6 Å². The second-order valence-corrected chi connectivity index (χ2v) is 5.80. The van der Waals surface area contributed by atoms with E-state index in [2.05, 4.69) is 22.0 Å². The Morgan fingerprint density at radius 1 is 1.09 bits per heavy atom. The zero-order valence-corrected chi connectivity index (χ0v) is 13.5. The SMILES string of the molecule is N#C/C(=C/c1ccc(-c2cccc(F)c2)o1)c1ccc(Br)cc1. The van der Waals surface area contributed by atoms with Crippen LogP contribution in [0.5, 0.6) is 0 Å². The molecule has 0 fully saturated rings. The second kappa shape index (κ2) is 6.64. The molecule has 0 unspecified atom stereocenters. The molecule has 112 valence electrons. The van der Waals surface area contributed by atoms with Gasteiger partial charge in [-0.25, -0.2) is 4.39 Å². The first-order chi connectivity index (χ1) is 11.2. The topological polar surface area (TPSA) is 36.9 Å². The molecule has 0 aliphatic carbocycles. The first-order valence-corrected chi connectivity index (χ1v) is 7.68. The third-order valence-corrected chi connectivity index (χ3v) is 3.83. The minimum atomic E-state index is -0.316. The van der Waals surface area contributed by atoms with Crippen molar-refractivity contribution in [2.45, 2.75) is 0 Å². The molecule has 0 atom stereocenters. The lowest BCUT2D eigenvalue weighted by atomic mass is 10.1. The van der Waals surface area contributed by atoms with E-state index in [1.54, 1.807) is 30.3 Å². The number of nitriles is 1. The van der Waals surface area contributed by atoms with Crippen LogP contribution in [-0.2, 0) is 0 Å². The van der Waals surface area contributed by atoms with Crippen LogP contribution in [0.4, 0.5) is 4.39 Å². The predicted octanol–water partition coefficient (Wildman–Crippen LogP) is 5.91. The molecule has 0 N–H and O–H groups in total. The lowest BCUT2D eigenvalue weighted by Crippen LogP contribution is -1.80. The highest BCUT2D eigenvalue weighted by Gasteiger charge is 2.07. The zero-order valence-electron chi connectivity index (χ0n) is 12.0. The number of hydrogen-bond donors (Lipinski definition) is 0. The predicted molar refractivity (Wildman–Crippen MR) is 91.7 cm³/mol. The fourth-order valence-electron chi connectivity index (χ4n) is 2.18. The number of hydrogen-bond acceptors (Lipinski definition) is 2. The molecule has 2 aromatic carbocycles. The van der Waals surface area contributed by atoms with E-state index >= 15 is 0 Å². The molecule has 0 aliphatic heterocycles. The smallest absolute Gasteiger partial charge is 0.134 e. The summed E-state index contributed by atoms with van der Waals surface area (Å²) in [4.78, 5) is 0. The zero-order chi connectivity index (χ0) is 16.2. The van der Waals surface area contributed by atoms with E-state index in [-0.39, 0.29) is 5.82 Å². The van der Waals surface area contributed by atoms with Crippen LogP contribution in [0, 0.1) is 17.1 Å². The van der Waals surface area contributed by atoms with E-state index in [1.165, 1.54) is 12.1 Å². The maximum absolute atomic E-state index is 13.3. The van der Waals surface area contributed by atoms with Crippen molar-refractivity contribution in [3.63, 3.8) is 0 Å². The first kappa shape index (κ1) is 15.3. The molecule has 0 radical (unpaired) electrons. The molecule has 0 aliphatic rings. The molecule has 0 bridgehead atoms. The summed E-state index contributed by atoms with van der Waals surface area (Å²) in [6.45, 7) is 0. The quantitative estimate of drug-likeness (QED) is 0.539. The van der Waals surface area contributed by atoms with Crippen molar-refractivity contribution in [2.75, 3.05) is 0 Å². The summed E-state index contributed by atoms with van der Waals surface area (Å²) in [5, 5.41) is 9.35. The van der Waals surface area contributed by atoms with E-state index in [1.807, 2.05) is 24.3 Å². The van der Waals surface area contributed by atoms with Crippen molar-refractivity contribution in [3.05, 3.63) is 82.3 Å². The van der Waals surface area contributed by atoms with Gasteiger partial charge in [-0.1, -0.05) is 40.2 Å². The van der Waals surface area contributed by atoms with Gasteiger partial charge in [0.05, 0.1) is 11.6 Å². The highest BCUT2D eigenvalue weighted by Crippen LogP contribution is 2.26. The minimum absolute atomic E-state index is 0.316. The largest absolute Gasteiger partial charge is 0.457 e. The number of halogens is 2. The van der Waals surface area contributed by atoms with Crippen molar-refractivity contribution < 1.29 is 8.81 Å². The average Bonchev–Trinajstić information content (AvgIpc) is 3.02. The Hall–Kier alpha value is -2.64. The van der Waals surface area contributed by atoms with Crippen LogP contribution in [0.3, 0.4) is 0 Å². The fraction of sp³-hybridized carbons (Fsp3) is 0. The van der Waals surface area contributed by atoms with Gasteiger partial charge in [0.15, 0.2) is 0 Å². The molecule has 0 saturated heterocycles. The van der Waals surface area contributed by atoms with Crippen LogP contribution in [0.25, 0.3) is 23.0 Å². The minimum Gasteiger partial charge on any atom is -0.457 e. The Bertz CT molecular complexity index is 904. The van der Waals surface area contributed by atoms with Crippen LogP contribution >= 0.6 is 15.9 Å². The van der Waals surface area contributed by atoms with E-state index in [0.29, 0.717) is 22.7 Å². The molecule has 23 heavy (non-hydrogen) atoms. The Labute approximate surface area is 141 Å². The molecule has 1 heterocycles. The number of benzene rings is 2. The van der Waals surface area contributed by atoms with Crippen LogP contribution in [0.1, 0.15) is 11.3 Å². The number of rotatable bonds is 3. The van der Waals surface area contributed by atoms with Gasteiger partial charge in [0.2, 0.25) is 0 Å². The molecule has 0 spiro atoms. The molecule has 2 nitrogen and oxygen atoms in total. The van der Waals surface area contributed by atoms with Gasteiger partial charge in [-0.15, -0.1) is 0 Å². The molecule has 4 heteroatoms. The Morgan fingerprint density at radius 2 is 1.87 bits per heavy atom. The lowest BCUT2D eigenvalue weighted by molar-refractivity contribution is 0.570. The maximum atomic E-state index is 13.3. The van der Waals surface area contributed by atoms with Gasteiger partial charge in [0, 0.05) is 10.0 Å². The van der Waals surface area contributed by atoms with Crippen LogP contribution in [-0.4, -0.2) is 0 Å². The Balaban J connectivity index is 1.93. The molecule has 3 aromatic rings. The van der Waals surface area contributed by atoms with E-state index < -0.39 is 0 Å². The highest BCUT2D eigenvalue weighted by molar-refractivity contribution is 9.10. The summed E-state index contributed by atoms with van der Waals surface area (Å²) >= 11 is 3.37. The molecular formula is C19H11BrFNO. The van der Waals surface area contributed by atoms with Gasteiger partial charge in [0.25, 0.3) is 0 Å². The van der Waals surface area contributed by atoms with Crippen LogP contribution in [0.2, 0.25) is 0 Å². The van der Waals surface area contributed by atoms with Gasteiger partial charge >= 0.3 is 0 Å². The third kappa shape index (κ3) is 3.58. The summed E-state index contributed by atoms with van der Waals surface area (Å²) in [5.41, 5.74) is 1.96. The lowest BCUT2D eigenvalue weighted by Gasteiger charge is -1.99. The fourth-order valence-corrected chi connectivity index (χ4v) is 2.44. The Kier molecular flexibility index (Phi) is 4.40. The average molecular weight is 368 g/mol. The van der Waals surface area contributed by atoms with Crippen molar-refractivity contribution in [1.29, 1.82) is 5.26 Å². The van der Waals surface area contributed by atoms with Gasteiger partial charge < -0.3 is 4.42 Å². The normalized spacial score (nSPS) is 11.3. The van der Waals surface area contributed by atoms with Gasteiger partial charge in [-0.05, 0) is 48.0 Å². The standard InChI is InChI=1S/C19H11BrFNO/c20-16-6-4-13(5-7-16)15(12-22)11-18-8-9-19(23-18)14-2-1-3-17(21)10-14/h1-11H/b15-11-. The van der Waals surface area contributed by atoms with Crippen molar-refractivity contribution in [3.8, 4) is 17.4 Å². The van der Waals surface area contributed by atoms with Gasteiger partial charge in [-0.2, -0.15) is 5.26 Å². The molecule has 1 aromatic heterocycles. The molecule has 3 rings (SSSR count). The summed E-state index contributed by atoms with van der Waals surface area (Å²) in [6, 6.07) is 19.4. The Morgan fingerprint density at radius 3 is 2.57 bits per heavy atom. The van der Waals surface area contributed by atoms with Crippen molar-refractivity contribution in [2.24, 2.45) is 0 Å². The van der Waals surface area contributed by atoms with E-state index in [0.717, 1.165) is 10.0 Å². The summed E-state index contributed by atoms with van der Waals surface area (Å²) < 4.78 is 19.9. The maximum Gasteiger partial charge on any atom is 0.134 e. The second-order valence-electron chi connectivity index (χ2n) is 4.89.